The van der Waals surface area contributed by atoms with Gasteiger partial charge >= 0.3 is 0 Å². The van der Waals surface area contributed by atoms with Crippen LogP contribution >= 0.6 is 0 Å². The second kappa shape index (κ2) is 11.5. The molecule has 0 N–H and O–H groups in total. The lowest BCUT2D eigenvalue weighted by atomic mass is 9.74. The number of rotatable bonds is 9. The Kier molecular flexibility index (Phi) is 7.67. The Bertz CT molecular complexity index is 1400. The van der Waals surface area contributed by atoms with Crippen molar-refractivity contribution in [2.24, 2.45) is 0 Å². The van der Waals surface area contributed by atoms with Gasteiger partial charge in [0.2, 0.25) is 0 Å². The van der Waals surface area contributed by atoms with E-state index < -0.39 is 5.54 Å². The van der Waals surface area contributed by atoms with Gasteiger partial charge < -0.3 is 9.47 Å². The van der Waals surface area contributed by atoms with Gasteiger partial charge in [-0.2, -0.15) is 0 Å². The third-order valence-electron chi connectivity index (χ3n) is 7.41. The number of hydrogen-bond donors (Lipinski definition) is 0. The summed E-state index contributed by atoms with van der Waals surface area (Å²) in [6.07, 6.45) is 5.68. The van der Waals surface area contributed by atoms with Gasteiger partial charge in [-0.1, -0.05) is 31.4 Å². The first-order valence-corrected chi connectivity index (χ1v) is 13.0. The number of ketones is 1. The molecule has 4 aromatic rings. The highest BCUT2D eigenvalue weighted by Gasteiger charge is 2.47. The minimum absolute atomic E-state index is 0.0295. The van der Waals surface area contributed by atoms with E-state index in [9.17, 15) is 9.59 Å². The first-order valence-electron chi connectivity index (χ1n) is 13.0. The number of carbonyl (C=O) groups is 2. The number of nitrogens with zero attached hydrogens (tertiary/aromatic N) is 5. The normalized spacial score (nSPS) is 14.4. The molecule has 1 heterocycles. The molecule has 39 heavy (non-hydrogen) atoms. The van der Waals surface area contributed by atoms with Crippen LogP contribution in [0, 0.1) is 0 Å². The molecule has 1 amide bonds. The number of ether oxygens (including phenoxy) is 2. The number of methoxy groups -OCH3 is 2. The van der Waals surface area contributed by atoms with E-state index in [4.69, 9.17) is 9.47 Å². The summed E-state index contributed by atoms with van der Waals surface area (Å²) in [5, 5.41) is 11.3. The quantitative estimate of drug-likeness (QED) is 0.308. The average molecular weight is 526 g/mol. The summed E-state index contributed by atoms with van der Waals surface area (Å²) in [6, 6.07) is 22.0. The van der Waals surface area contributed by atoms with Gasteiger partial charge in [-0.15, -0.1) is 5.10 Å². The van der Waals surface area contributed by atoms with Gasteiger partial charge in [0.1, 0.15) is 23.4 Å². The van der Waals surface area contributed by atoms with Gasteiger partial charge in [0.25, 0.3) is 5.91 Å². The lowest BCUT2D eigenvalue weighted by Gasteiger charge is -2.45. The zero-order valence-electron chi connectivity index (χ0n) is 22.1. The fraction of sp³-hybridized carbons (Fsp3) is 0.300. The lowest BCUT2D eigenvalue weighted by molar-refractivity contribution is -0.124. The van der Waals surface area contributed by atoms with E-state index in [1.165, 1.54) is 11.0 Å². The van der Waals surface area contributed by atoms with Crippen molar-refractivity contribution in [3.8, 4) is 17.2 Å². The Hall–Kier alpha value is -4.53. The van der Waals surface area contributed by atoms with Crippen LogP contribution < -0.4 is 14.4 Å². The number of amides is 1. The van der Waals surface area contributed by atoms with Crippen LogP contribution in [-0.2, 0) is 11.2 Å². The molecule has 0 unspecified atom stereocenters. The van der Waals surface area contributed by atoms with E-state index in [-0.39, 0.29) is 18.1 Å². The van der Waals surface area contributed by atoms with Gasteiger partial charge in [-0.25, -0.2) is 4.68 Å². The molecule has 200 valence electrons. The number of carbonyl (C=O) groups excluding carboxylic acids is 2. The highest BCUT2D eigenvalue weighted by molar-refractivity contribution is 6.12. The van der Waals surface area contributed by atoms with Crippen molar-refractivity contribution in [2.75, 3.05) is 19.1 Å². The van der Waals surface area contributed by atoms with Crippen LogP contribution in [0.4, 0.5) is 5.69 Å². The Labute approximate surface area is 227 Å². The molecule has 1 aliphatic rings. The highest BCUT2D eigenvalue weighted by Crippen LogP contribution is 2.40. The minimum atomic E-state index is -0.974. The summed E-state index contributed by atoms with van der Waals surface area (Å²) >= 11 is 0. The van der Waals surface area contributed by atoms with Crippen LogP contribution in [0.3, 0.4) is 0 Å². The summed E-state index contributed by atoms with van der Waals surface area (Å²) in [4.78, 5) is 30.3. The van der Waals surface area contributed by atoms with Crippen molar-refractivity contribution in [1.29, 1.82) is 0 Å². The zero-order chi connectivity index (χ0) is 27.2. The third-order valence-corrected chi connectivity index (χ3v) is 7.41. The summed E-state index contributed by atoms with van der Waals surface area (Å²) in [5.74, 6) is 1.22. The van der Waals surface area contributed by atoms with Crippen molar-refractivity contribution in [3.05, 3.63) is 90.3 Å². The van der Waals surface area contributed by atoms with Crippen LogP contribution in [0.25, 0.3) is 5.69 Å². The molecule has 9 nitrogen and oxygen atoms in total. The van der Waals surface area contributed by atoms with Crippen molar-refractivity contribution in [3.63, 3.8) is 0 Å². The second-order valence-electron chi connectivity index (χ2n) is 9.68. The molecule has 5 rings (SSSR count). The molecule has 9 heteroatoms. The van der Waals surface area contributed by atoms with Crippen LogP contribution in [0.1, 0.15) is 48.0 Å². The summed E-state index contributed by atoms with van der Waals surface area (Å²) in [6.45, 7) is 0. The molecule has 3 aromatic carbocycles. The largest absolute Gasteiger partial charge is 0.497 e. The molecule has 0 spiro atoms. The number of Topliss-reactive ketones (excluding diaryl/α,β-unsaturated/α-hetero) is 1. The highest BCUT2D eigenvalue weighted by atomic mass is 16.5. The molecule has 0 bridgehead atoms. The molecule has 1 fully saturated rings. The van der Waals surface area contributed by atoms with Crippen molar-refractivity contribution in [2.45, 2.75) is 44.1 Å². The molecule has 1 saturated carbocycles. The van der Waals surface area contributed by atoms with E-state index in [1.807, 2.05) is 48.5 Å². The first-order chi connectivity index (χ1) is 19.0. The van der Waals surface area contributed by atoms with Crippen molar-refractivity contribution in [1.82, 2.24) is 20.2 Å². The van der Waals surface area contributed by atoms with Gasteiger partial charge in [-0.05, 0) is 89.5 Å². The van der Waals surface area contributed by atoms with Crippen LogP contribution in [-0.4, -0.2) is 51.7 Å². The summed E-state index contributed by atoms with van der Waals surface area (Å²) in [5.41, 5.74) is 1.78. The van der Waals surface area contributed by atoms with Crippen molar-refractivity contribution >= 4 is 17.4 Å². The van der Waals surface area contributed by atoms with Gasteiger partial charge in [0, 0.05) is 17.7 Å². The number of anilines is 1. The SMILES string of the molecule is COc1ccc(CC(=O)C2(N(C(=O)c3ccc(-n4cnnn4)cc3)c3ccc(OC)cc3)CCCCC2)cc1. The van der Waals surface area contributed by atoms with Crippen LogP contribution in [0.2, 0.25) is 0 Å². The summed E-state index contributed by atoms with van der Waals surface area (Å²) in [7, 11) is 3.22. The molecule has 0 aliphatic heterocycles. The standard InChI is InChI=1S/C30H31N5O4/c1-38-26-14-6-22(7-15-26)20-28(36)30(18-4-3-5-19-30)35(25-12-16-27(39-2)17-13-25)29(37)23-8-10-24(11-9-23)34-21-31-32-33-34/h6-17,21H,3-5,18-20H2,1-2H3. The van der Waals surface area contributed by atoms with Crippen LogP contribution in [0.5, 0.6) is 11.5 Å². The minimum Gasteiger partial charge on any atom is -0.497 e. The predicted octanol–water partition coefficient (Wildman–Crippen LogP) is 4.84. The zero-order valence-corrected chi connectivity index (χ0v) is 22.1. The number of hydrogen-bond acceptors (Lipinski definition) is 7. The summed E-state index contributed by atoms with van der Waals surface area (Å²) < 4.78 is 12.2. The van der Waals surface area contributed by atoms with E-state index >= 15 is 0 Å². The molecular formula is C30H31N5O4. The Balaban J connectivity index is 1.55. The maximum absolute atomic E-state index is 14.3. The number of aromatic nitrogens is 4. The Morgan fingerprint density at radius 1 is 0.846 bits per heavy atom. The molecule has 0 radical (unpaired) electrons. The lowest BCUT2D eigenvalue weighted by Crippen LogP contribution is -2.59. The van der Waals surface area contributed by atoms with Gasteiger partial charge in [-0.3, -0.25) is 14.5 Å². The van der Waals surface area contributed by atoms with E-state index in [0.717, 1.165) is 36.3 Å². The molecule has 0 saturated heterocycles. The predicted molar refractivity (Wildman–Crippen MR) is 146 cm³/mol. The molecule has 0 atom stereocenters. The van der Waals surface area contributed by atoms with E-state index in [2.05, 4.69) is 15.5 Å². The van der Waals surface area contributed by atoms with Gasteiger partial charge in [0.15, 0.2) is 5.78 Å². The smallest absolute Gasteiger partial charge is 0.259 e. The Morgan fingerprint density at radius 2 is 1.46 bits per heavy atom. The third kappa shape index (κ3) is 5.38. The van der Waals surface area contributed by atoms with Crippen molar-refractivity contribution < 1.29 is 19.1 Å². The molecular weight excluding hydrogens is 494 g/mol. The second-order valence-corrected chi connectivity index (χ2v) is 9.68. The Morgan fingerprint density at radius 3 is 2.03 bits per heavy atom. The first kappa shape index (κ1) is 26.1. The maximum atomic E-state index is 14.3. The van der Waals surface area contributed by atoms with E-state index in [0.29, 0.717) is 29.8 Å². The molecule has 1 aliphatic carbocycles. The fourth-order valence-corrected chi connectivity index (χ4v) is 5.31. The number of tetrazole rings is 1. The molecule has 1 aromatic heterocycles. The maximum Gasteiger partial charge on any atom is 0.259 e. The number of benzene rings is 3. The monoisotopic (exact) mass is 525 g/mol. The van der Waals surface area contributed by atoms with E-state index in [1.54, 1.807) is 43.4 Å². The topological polar surface area (TPSA) is 99.4 Å². The van der Waals surface area contributed by atoms with Crippen LogP contribution in [0.15, 0.2) is 79.1 Å². The average Bonchev–Trinajstić information content (AvgIpc) is 3.54. The van der Waals surface area contributed by atoms with Gasteiger partial charge in [0.05, 0.1) is 19.9 Å². The fourth-order valence-electron chi connectivity index (χ4n) is 5.31.